The van der Waals surface area contributed by atoms with Crippen molar-refractivity contribution in [3.8, 4) is 0 Å². The molecular formula is C17H23FN2. The quantitative estimate of drug-likeness (QED) is 0.908. The van der Waals surface area contributed by atoms with E-state index in [9.17, 15) is 4.39 Å². The van der Waals surface area contributed by atoms with Crippen molar-refractivity contribution >= 4 is 0 Å². The van der Waals surface area contributed by atoms with E-state index in [2.05, 4.69) is 16.3 Å². The molecule has 1 heterocycles. The van der Waals surface area contributed by atoms with Crippen molar-refractivity contribution < 1.29 is 4.39 Å². The van der Waals surface area contributed by atoms with Gasteiger partial charge in [-0.15, -0.1) is 0 Å². The highest BCUT2D eigenvalue weighted by molar-refractivity contribution is 5.23. The maximum atomic E-state index is 13.2. The Kier molecular flexibility index (Phi) is 3.27. The van der Waals surface area contributed by atoms with E-state index in [-0.39, 0.29) is 5.82 Å². The van der Waals surface area contributed by atoms with E-state index in [1.54, 1.807) is 6.07 Å². The molecule has 0 aromatic heterocycles. The van der Waals surface area contributed by atoms with E-state index in [4.69, 9.17) is 0 Å². The Hall–Kier alpha value is -0.930. The maximum Gasteiger partial charge on any atom is 0.123 e. The molecule has 4 rings (SSSR count). The van der Waals surface area contributed by atoms with Gasteiger partial charge in [-0.1, -0.05) is 12.1 Å². The predicted molar refractivity (Wildman–Crippen MR) is 78.3 cm³/mol. The summed E-state index contributed by atoms with van der Waals surface area (Å²) in [6.07, 6.45) is 6.47. The highest BCUT2D eigenvalue weighted by Crippen LogP contribution is 2.38. The van der Waals surface area contributed by atoms with Crippen LogP contribution < -0.4 is 5.32 Å². The van der Waals surface area contributed by atoms with Gasteiger partial charge in [-0.2, -0.15) is 0 Å². The minimum atomic E-state index is -0.102. The lowest BCUT2D eigenvalue weighted by atomic mass is 9.75. The molecule has 3 aliphatic rings. The molecule has 2 aliphatic carbocycles. The van der Waals surface area contributed by atoms with Crippen molar-refractivity contribution in [3.05, 3.63) is 35.6 Å². The fraction of sp³-hybridized carbons (Fsp3) is 0.647. The molecule has 1 N–H and O–H groups in total. The second-order valence-electron chi connectivity index (χ2n) is 6.80. The summed E-state index contributed by atoms with van der Waals surface area (Å²) in [6.45, 7) is 2.52. The van der Waals surface area contributed by atoms with Crippen molar-refractivity contribution in [3.63, 3.8) is 0 Å². The molecule has 0 amide bonds. The van der Waals surface area contributed by atoms with E-state index in [0.29, 0.717) is 18.0 Å². The normalized spacial score (nSPS) is 34.1. The summed E-state index contributed by atoms with van der Waals surface area (Å²) in [7, 11) is 0. The number of hydrogen-bond acceptors (Lipinski definition) is 2. The summed E-state index contributed by atoms with van der Waals surface area (Å²) in [6, 6.07) is 9.36. The molecule has 1 aliphatic heterocycles. The standard InChI is InChI=1S/C17H23FN2/c18-14-3-1-2-12(8-14)13-9-16(10-13)19-15-6-7-20(11-15)17-4-5-17/h1-3,8,13,15-17,19H,4-7,9-11H2. The van der Waals surface area contributed by atoms with Crippen LogP contribution in [0, 0.1) is 5.82 Å². The highest BCUT2D eigenvalue weighted by atomic mass is 19.1. The topological polar surface area (TPSA) is 15.3 Å². The lowest BCUT2D eigenvalue weighted by molar-refractivity contribution is 0.254. The fourth-order valence-corrected chi connectivity index (χ4v) is 3.81. The average molecular weight is 274 g/mol. The number of benzene rings is 1. The van der Waals surface area contributed by atoms with E-state index >= 15 is 0 Å². The van der Waals surface area contributed by atoms with E-state index in [1.807, 2.05) is 6.07 Å². The van der Waals surface area contributed by atoms with Gasteiger partial charge < -0.3 is 5.32 Å². The molecule has 1 aromatic carbocycles. The molecule has 108 valence electrons. The van der Waals surface area contributed by atoms with Gasteiger partial charge in [-0.25, -0.2) is 4.39 Å². The summed E-state index contributed by atoms with van der Waals surface area (Å²) in [5.41, 5.74) is 1.18. The molecule has 2 saturated carbocycles. The molecule has 0 bridgehead atoms. The Morgan fingerprint density at radius 3 is 2.70 bits per heavy atom. The minimum Gasteiger partial charge on any atom is -0.310 e. The molecule has 0 spiro atoms. The Bertz CT molecular complexity index is 480. The van der Waals surface area contributed by atoms with Crippen LogP contribution in [0.15, 0.2) is 24.3 Å². The number of halogens is 1. The van der Waals surface area contributed by atoms with Crippen molar-refractivity contribution in [2.75, 3.05) is 13.1 Å². The summed E-state index contributed by atoms with van der Waals surface area (Å²) in [5, 5.41) is 3.81. The first-order valence-corrected chi connectivity index (χ1v) is 8.03. The monoisotopic (exact) mass is 274 g/mol. The van der Waals surface area contributed by atoms with Gasteiger partial charge in [0.15, 0.2) is 0 Å². The molecule has 0 radical (unpaired) electrons. The van der Waals surface area contributed by atoms with Crippen LogP contribution in [0.4, 0.5) is 4.39 Å². The van der Waals surface area contributed by atoms with Gasteiger partial charge in [0.1, 0.15) is 5.82 Å². The third-order valence-corrected chi connectivity index (χ3v) is 5.21. The molecule has 2 nitrogen and oxygen atoms in total. The van der Waals surface area contributed by atoms with Gasteiger partial charge in [0.2, 0.25) is 0 Å². The smallest absolute Gasteiger partial charge is 0.123 e. The minimum absolute atomic E-state index is 0.102. The van der Waals surface area contributed by atoms with Crippen LogP contribution >= 0.6 is 0 Å². The van der Waals surface area contributed by atoms with Gasteiger partial charge in [-0.05, 0) is 55.7 Å². The fourth-order valence-electron chi connectivity index (χ4n) is 3.81. The Morgan fingerprint density at radius 1 is 1.10 bits per heavy atom. The number of rotatable bonds is 4. The molecule has 1 unspecified atom stereocenters. The molecular weight excluding hydrogens is 251 g/mol. The lowest BCUT2D eigenvalue weighted by Gasteiger charge is -2.38. The summed E-state index contributed by atoms with van der Waals surface area (Å²) in [5.74, 6) is 0.457. The van der Waals surface area contributed by atoms with Crippen LogP contribution in [-0.4, -0.2) is 36.1 Å². The van der Waals surface area contributed by atoms with Gasteiger partial charge in [0.05, 0.1) is 0 Å². The zero-order chi connectivity index (χ0) is 13.5. The zero-order valence-electron chi connectivity index (χ0n) is 11.9. The van der Waals surface area contributed by atoms with Gasteiger partial charge in [-0.3, -0.25) is 4.90 Å². The van der Waals surface area contributed by atoms with Crippen LogP contribution in [0.1, 0.15) is 43.6 Å². The first-order valence-electron chi connectivity index (χ1n) is 8.03. The lowest BCUT2D eigenvalue weighted by Crippen LogP contribution is -2.46. The van der Waals surface area contributed by atoms with Crippen molar-refractivity contribution in [1.82, 2.24) is 10.2 Å². The van der Waals surface area contributed by atoms with Gasteiger partial charge in [0, 0.05) is 31.2 Å². The van der Waals surface area contributed by atoms with Crippen LogP contribution in [0.2, 0.25) is 0 Å². The highest BCUT2D eigenvalue weighted by Gasteiger charge is 2.37. The number of hydrogen-bond donors (Lipinski definition) is 1. The molecule has 20 heavy (non-hydrogen) atoms. The van der Waals surface area contributed by atoms with Crippen LogP contribution in [0.25, 0.3) is 0 Å². The van der Waals surface area contributed by atoms with E-state index in [1.165, 1.54) is 56.8 Å². The third-order valence-electron chi connectivity index (χ3n) is 5.21. The van der Waals surface area contributed by atoms with E-state index in [0.717, 1.165) is 6.04 Å². The Labute approximate surface area is 120 Å². The zero-order valence-corrected chi connectivity index (χ0v) is 11.9. The van der Waals surface area contributed by atoms with Crippen LogP contribution in [-0.2, 0) is 0 Å². The second kappa shape index (κ2) is 5.12. The van der Waals surface area contributed by atoms with Gasteiger partial charge in [0.25, 0.3) is 0 Å². The first kappa shape index (κ1) is 12.8. The number of nitrogens with zero attached hydrogens (tertiary/aromatic N) is 1. The van der Waals surface area contributed by atoms with E-state index < -0.39 is 0 Å². The molecule has 1 aromatic rings. The SMILES string of the molecule is Fc1cccc(C2CC(NC3CCN(C4CC4)C3)C2)c1. The van der Waals surface area contributed by atoms with Crippen molar-refractivity contribution in [2.45, 2.75) is 56.1 Å². The largest absolute Gasteiger partial charge is 0.310 e. The molecule has 1 saturated heterocycles. The number of likely N-dealkylation sites (tertiary alicyclic amines) is 1. The summed E-state index contributed by atoms with van der Waals surface area (Å²) >= 11 is 0. The van der Waals surface area contributed by atoms with Gasteiger partial charge >= 0.3 is 0 Å². The van der Waals surface area contributed by atoms with Crippen molar-refractivity contribution in [2.24, 2.45) is 0 Å². The summed E-state index contributed by atoms with van der Waals surface area (Å²) < 4.78 is 13.2. The average Bonchev–Trinajstić information content (AvgIpc) is 3.13. The first-order chi connectivity index (χ1) is 9.78. The molecule has 1 atom stereocenters. The molecule has 3 fully saturated rings. The third kappa shape index (κ3) is 2.61. The summed E-state index contributed by atoms with van der Waals surface area (Å²) in [4.78, 5) is 2.65. The van der Waals surface area contributed by atoms with Crippen LogP contribution in [0.5, 0.6) is 0 Å². The van der Waals surface area contributed by atoms with Crippen LogP contribution in [0.3, 0.4) is 0 Å². The Balaban J connectivity index is 1.25. The second-order valence-corrected chi connectivity index (χ2v) is 6.80. The van der Waals surface area contributed by atoms with Crippen molar-refractivity contribution in [1.29, 1.82) is 0 Å². The predicted octanol–water partition coefficient (Wildman–Crippen LogP) is 2.90. The Morgan fingerprint density at radius 2 is 1.95 bits per heavy atom. The number of nitrogens with one attached hydrogen (secondary N) is 1. The maximum absolute atomic E-state index is 13.2. The molecule has 3 heteroatoms.